The first kappa shape index (κ1) is 12.5. The molecule has 1 aliphatic heterocycles. The number of benzene rings is 1. The van der Waals surface area contributed by atoms with Gasteiger partial charge in [-0.2, -0.15) is 0 Å². The van der Waals surface area contributed by atoms with Gasteiger partial charge in [0.2, 0.25) is 0 Å². The molecule has 0 bridgehead atoms. The van der Waals surface area contributed by atoms with Crippen molar-refractivity contribution in [2.75, 3.05) is 26.3 Å². The average Bonchev–Trinajstić information content (AvgIpc) is 2.38. The number of hydrogen-bond donors (Lipinski definition) is 1. The number of rotatable bonds is 5. The summed E-state index contributed by atoms with van der Waals surface area (Å²) in [4.78, 5) is 0. The van der Waals surface area contributed by atoms with Gasteiger partial charge in [-0.15, -0.1) is 0 Å². The van der Waals surface area contributed by atoms with E-state index in [1.807, 2.05) is 12.1 Å². The molecule has 0 aliphatic carbocycles. The quantitative estimate of drug-likeness (QED) is 0.794. The van der Waals surface area contributed by atoms with Gasteiger partial charge in [0.05, 0.1) is 0 Å². The van der Waals surface area contributed by atoms with Crippen LogP contribution in [0.5, 0.6) is 0 Å². The zero-order chi connectivity index (χ0) is 11.9. The van der Waals surface area contributed by atoms with Crippen molar-refractivity contribution in [1.82, 2.24) is 5.32 Å². The van der Waals surface area contributed by atoms with Gasteiger partial charge in [-0.1, -0.05) is 18.2 Å². The highest BCUT2D eigenvalue weighted by Gasteiger charge is 2.12. The molecule has 0 atom stereocenters. The summed E-state index contributed by atoms with van der Waals surface area (Å²) in [5, 5.41) is 3.41. The van der Waals surface area contributed by atoms with Gasteiger partial charge in [0.1, 0.15) is 5.82 Å². The van der Waals surface area contributed by atoms with Gasteiger partial charge in [0.25, 0.3) is 0 Å². The van der Waals surface area contributed by atoms with E-state index in [0.29, 0.717) is 0 Å². The lowest BCUT2D eigenvalue weighted by atomic mass is 10.0. The summed E-state index contributed by atoms with van der Waals surface area (Å²) in [6.07, 6.45) is 3.05. The van der Waals surface area contributed by atoms with Crippen molar-refractivity contribution in [2.45, 2.75) is 19.3 Å². The van der Waals surface area contributed by atoms with E-state index >= 15 is 0 Å². The minimum atomic E-state index is -0.0969. The Morgan fingerprint density at radius 1 is 1.24 bits per heavy atom. The first-order valence-corrected chi connectivity index (χ1v) is 6.38. The van der Waals surface area contributed by atoms with Crippen LogP contribution in [0.1, 0.15) is 18.4 Å². The number of nitrogens with one attached hydrogen (secondary N) is 1. The molecule has 1 aliphatic rings. The molecule has 1 heterocycles. The van der Waals surface area contributed by atoms with E-state index in [1.54, 1.807) is 6.07 Å². The van der Waals surface area contributed by atoms with E-state index in [1.165, 1.54) is 6.07 Å². The smallest absolute Gasteiger partial charge is 0.126 e. The molecular formula is C14H20FNO. The first-order chi connectivity index (χ1) is 8.36. The van der Waals surface area contributed by atoms with Crippen LogP contribution in [0.25, 0.3) is 0 Å². The van der Waals surface area contributed by atoms with Crippen LogP contribution < -0.4 is 5.32 Å². The van der Waals surface area contributed by atoms with Gasteiger partial charge in [-0.3, -0.25) is 0 Å². The van der Waals surface area contributed by atoms with Crippen LogP contribution in [-0.2, 0) is 11.2 Å². The highest BCUT2D eigenvalue weighted by Crippen LogP contribution is 2.13. The molecule has 2 rings (SSSR count). The highest BCUT2D eigenvalue weighted by atomic mass is 19.1. The third-order valence-electron chi connectivity index (χ3n) is 3.30. The monoisotopic (exact) mass is 237 g/mol. The molecule has 0 aromatic heterocycles. The van der Waals surface area contributed by atoms with Gasteiger partial charge in [0, 0.05) is 13.2 Å². The van der Waals surface area contributed by atoms with Crippen molar-refractivity contribution in [3.63, 3.8) is 0 Å². The fourth-order valence-electron chi connectivity index (χ4n) is 2.18. The molecule has 17 heavy (non-hydrogen) atoms. The van der Waals surface area contributed by atoms with E-state index < -0.39 is 0 Å². The zero-order valence-corrected chi connectivity index (χ0v) is 10.1. The minimum absolute atomic E-state index is 0.0969. The molecular weight excluding hydrogens is 217 g/mol. The Bertz CT molecular complexity index is 337. The summed E-state index contributed by atoms with van der Waals surface area (Å²) in [7, 11) is 0. The lowest BCUT2D eigenvalue weighted by molar-refractivity contribution is 0.0664. The maximum absolute atomic E-state index is 13.3. The van der Waals surface area contributed by atoms with Gasteiger partial charge in [-0.05, 0) is 49.9 Å². The molecule has 2 nitrogen and oxygen atoms in total. The molecule has 0 unspecified atom stereocenters. The van der Waals surface area contributed by atoms with Crippen molar-refractivity contribution in [2.24, 2.45) is 5.92 Å². The zero-order valence-electron chi connectivity index (χ0n) is 10.1. The number of hydrogen-bond acceptors (Lipinski definition) is 2. The predicted molar refractivity (Wildman–Crippen MR) is 66.5 cm³/mol. The molecule has 1 fully saturated rings. The summed E-state index contributed by atoms with van der Waals surface area (Å²) < 4.78 is 18.6. The van der Waals surface area contributed by atoms with Crippen LogP contribution >= 0.6 is 0 Å². The van der Waals surface area contributed by atoms with Crippen molar-refractivity contribution in [3.05, 3.63) is 35.6 Å². The fourth-order valence-corrected chi connectivity index (χ4v) is 2.18. The van der Waals surface area contributed by atoms with Crippen molar-refractivity contribution in [1.29, 1.82) is 0 Å². The Morgan fingerprint density at radius 3 is 2.76 bits per heavy atom. The first-order valence-electron chi connectivity index (χ1n) is 6.38. The molecule has 3 heteroatoms. The van der Waals surface area contributed by atoms with Crippen LogP contribution in [-0.4, -0.2) is 26.3 Å². The molecule has 94 valence electrons. The predicted octanol–water partition coefficient (Wildman–Crippen LogP) is 2.38. The van der Waals surface area contributed by atoms with E-state index in [4.69, 9.17) is 4.74 Å². The number of ether oxygens (including phenoxy) is 1. The topological polar surface area (TPSA) is 21.3 Å². The van der Waals surface area contributed by atoms with Crippen LogP contribution in [0.2, 0.25) is 0 Å². The molecule has 0 amide bonds. The molecule has 1 aromatic carbocycles. The van der Waals surface area contributed by atoms with Crippen LogP contribution in [0.15, 0.2) is 24.3 Å². The average molecular weight is 237 g/mol. The summed E-state index contributed by atoms with van der Waals surface area (Å²) in [5.74, 6) is 0.629. The fraction of sp³-hybridized carbons (Fsp3) is 0.571. The maximum Gasteiger partial charge on any atom is 0.126 e. The largest absolute Gasteiger partial charge is 0.381 e. The van der Waals surface area contributed by atoms with Gasteiger partial charge in [0.15, 0.2) is 0 Å². The Hall–Kier alpha value is -0.930. The third kappa shape index (κ3) is 4.10. The summed E-state index contributed by atoms with van der Waals surface area (Å²) >= 11 is 0. The summed E-state index contributed by atoms with van der Waals surface area (Å²) in [5.41, 5.74) is 0.798. The van der Waals surface area contributed by atoms with Crippen LogP contribution in [0.4, 0.5) is 4.39 Å². The van der Waals surface area contributed by atoms with Crippen molar-refractivity contribution >= 4 is 0 Å². The van der Waals surface area contributed by atoms with Crippen molar-refractivity contribution < 1.29 is 9.13 Å². The maximum atomic E-state index is 13.3. The highest BCUT2D eigenvalue weighted by molar-refractivity contribution is 5.17. The third-order valence-corrected chi connectivity index (χ3v) is 3.30. The van der Waals surface area contributed by atoms with E-state index in [-0.39, 0.29) is 5.82 Å². The van der Waals surface area contributed by atoms with E-state index in [9.17, 15) is 4.39 Å². The Balaban J connectivity index is 1.64. The Morgan fingerprint density at radius 2 is 2.00 bits per heavy atom. The lowest BCUT2D eigenvalue weighted by Gasteiger charge is -2.22. The molecule has 1 N–H and O–H groups in total. The molecule has 1 saturated heterocycles. The second-order valence-electron chi connectivity index (χ2n) is 4.60. The Labute approximate surface area is 102 Å². The normalized spacial score (nSPS) is 17.2. The summed E-state index contributed by atoms with van der Waals surface area (Å²) in [6.45, 7) is 3.65. The minimum Gasteiger partial charge on any atom is -0.381 e. The molecule has 0 radical (unpaired) electrons. The van der Waals surface area contributed by atoms with Gasteiger partial charge >= 0.3 is 0 Å². The van der Waals surface area contributed by atoms with Gasteiger partial charge < -0.3 is 10.1 Å². The Kier molecular flexibility index (Phi) is 4.95. The van der Waals surface area contributed by atoms with E-state index in [2.05, 4.69) is 5.32 Å². The van der Waals surface area contributed by atoms with Crippen LogP contribution in [0, 0.1) is 11.7 Å². The molecule has 0 saturated carbocycles. The molecule has 1 aromatic rings. The summed E-state index contributed by atoms with van der Waals surface area (Å²) in [6, 6.07) is 6.99. The van der Waals surface area contributed by atoms with Crippen LogP contribution in [0.3, 0.4) is 0 Å². The van der Waals surface area contributed by atoms with E-state index in [0.717, 1.165) is 57.0 Å². The van der Waals surface area contributed by atoms with Gasteiger partial charge in [-0.25, -0.2) is 4.39 Å². The molecule has 0 spiro atoms. The second-order valence-corrected chi connectivity index (χ2v) is 4.60. The number of halogens is 1. The second kappa shape index (κ2) is 6.72. The SMILES string of the molecule is Fc1ccccc1CCNCC1CCOCC1. The standard InChI is InChI=1S/C14H20FNO/c15-14-4-2-1-3-13(14)5-8-16-11-12-6-9-17-10-7-12/h1-4,12,16H,5-11H2. The lowest BCUT2D eigenvalue weighted by Crippen LogP contribution is -2.29. The van der Waals surface area contributed by atoms with Crippen molar-refractivity contribution in [3.8, 4) is 0 Å².